The Kier molecular flexibility index (Phi) is 4.02. The van der Waals surface area contributed by atoms with Crippen LogP contribution >= 0.6 is 0 Å². The first kappa shape index (κ1) is 14.9. The third-order valence-corrected chi connectivity index (χ3v) is 5.40. The van der Waals surface area contributed by atoms with Gasteiger partial charge in [0.15, 0.2) is 21.4 Å². The summed E-state index contributed by atoms with van der Waals surface area (Å²) >= 11 is 0. The second-order valence-electron chi connectivity index (χ2n) is 4.75. The van der Waals surface area contributed by atoms with Crippen molar-refractivity contribution in [3.05, 3.63) is 29.6 Å². The van der Waals surface area contributed by atoms with Crippen LogP contribution in [0.15, 0.2) is 18.2 Å². The summed E-state index contributed by atoms with van der Waals surface area (Å²) in [7, 11) is -2.00. The zero-order valence-corrected chi connectivity index (χ0v) is 11.7. The Morgan fingerprint density at radius 1 is 1.39 bits per heavy atom. The molecule has 1 aromatic rings. The number of halogens is 1. The number of rotatable bonds is 4. The third-order valence-electron chi connectivity index (χ3n) is 3.24. The number of methoxy groups -OCH3 is 1. The number of sulfone groups is 1. The summed E-state index contributed by atoms with van der Waals surface area (Å²) in [6, 6.07) is 3.40. The minimum Gasteiger partial charge on any atom is -0.494 e. The van der Waals surface area contributed by atoms with Crippen molar-refractivity contribution in [1.29, 1.82) is 0 Å². The molecular formula is C12H18FNO3S. The second kappa shape index (κ2) is 4.85. The van der Waals surface area contributed by atoms with Gasteiger partial charge in [0.1, 0.15) is 0 Å². The largest absolute Gasteiger partial charge is 0.494 e. The summed E-state index contributed by atoms with van der Waals surface area (Å²) in [6.45, 7) is 3.05. The number of ether oxygens (including phenoxy) is 1. The molecule has 0 fully saturated rings. The molecule has 0 bridgehead atoms. The van der Waals surface area contributed by atoms with Crippen LogP contribution in [-0.2, 0) is 9.84 Å². The molecule has 102 valence electrons. The Bertz CT molecular complexity index is 540. The van der Waals surface area contributed by atoms with Crippen LogP contribution in [-0.4, -0.2) is 26.5 Å². The maximum Gasteiger partial charge on any atom is 0.165 e. The molecule has 0 saturated heterocycles. The van der Waals surface area contributed by atoms with Crippen molar-refractivity contribution in [1.82, 2.24) is 0 Å². The molecule has 0 aromatic heterocycles. The fourth-order valence-electron chi connectivity index (χ4n) is 1.51. The Hall–Kier alpha value is -1.14. The summed E-state index contributed by atoms with van der Waals surface area (Å²) < 4.78 is 40.5. The van der Waals surface area contributed by atoms with Crippen LogP contribution in [0.1, 0.15) is 25.5 Å². The summed E-state index contributed by atoms with van der Waals surface area (Å²) in [5.74, 6) is -0.460. The normalized spacial score (nSPS) is 14.3. The first-order chi connectivity index (χ1) is 8.11. The molecule has 1 rings (SSSR count). The molecule has 0 aliphatic carbocycles. The standard InChI is InChI=1S/C12H18FNO3S/c1-12(2,18(4,15)16)11(14)8-5-6-10(17-3)9(13)7-8/h5-7,11H,14H2,1-4H3. The van der Waals surface area contributed by atoms with E-state index in [1.807, 2.05) is 0 Å². The highest BCUT2D eigenvalue weighted by Gasteiger charge is 2.37. The molecule has 1 unspecified atom stereocenters. The van der Waals surface area contributed by atoms with E-state index in [0.717, 1.165) is 6.26 Å². The van der Waals surface area contributed by atoms with Gasteiger partial charge in [-0.3, -0.25) is 0 Å². The van der Waals surface area contributed by atoms with Crippen LogP contribution in [0.25, 0.3) is 0 Å². The highest BCUT2D eigenvalue weighted by molar-refractivity contribution is 7.92. The maximum atomic E-state index is 13.6. The van der Waals surface area contributed by atoms with Gasteiger partial charge < -0.3 is 10.5 Å². The van der Waals surface area contributed by atoms with E-state index in [1.54, 1.807) is 6.07 Å². The molecule has 0 amide bonds. The van der Waals surface area contributed by atoms with E-state index in [1.165, 1.54) is 33.1 Å². The summed E-state index contributed by atoms with van der Waals surface area (Å²) in [5.41, 5.74) is 6.35. The summed E-state index contributed by atoms with van der Waals surface area (Å²) in [6.07, 6.45) is 1.12. The van der Waals surface area contributed by atoms with Gasteiger partial charge in [-0.05, 0) is 31.5 Å². The van der Waals surface area contributed by atoms with Crippen molar-refractivity contribution in [2.45, 2.75) is 24.6 Å². The van der Waals surface area contributed by atoms with Crippen molar-refractivity contribution in [2.75, 3.05) is 13.4 Å². The van der Waals surface area contributed by atoms with E-state index < -0.39 is 26.4 Å². The van der Waals surface area contributed by atoms with E-state index in [2.05, 4.69) is 0 Å². The Labute approximate surface area is 107 Å². The molecule has 18 heavy (non-hydrogen) atoms. The lowest BCUT2D eigenvalue weighted by Gasteiger charge is -2.30. The van der Waals surface area contributed by atoms with E-state index in [0.29, 0.717) is 5.56 Å². The Morgan fingerprint density at radius 3 is 2.33 bits per heavy atom. The zero-order chi connectivity index (χ0) is 14.1. The molecule has 6 heteroatoms. The average Bonchev–Trinajstić information content (AvgIpc) is 2.26. The lowest BCUT2D eigenvalue weighted by Crippen LogP contribution is -2.42. The lowest BCUT2D eigenvalue weighted by molar-refractivity contribution is 0.385. The third kappa shape index (κ3) is 2.64. The van der Waals surface area contributed by atoms with Crippen molar-refractivity contribution in [3.63, 3.8) is 0 Å². The molecule has 1 aromatic carbocycles. The van der Waals surface area contributed by atoms with E-state index in [9.17, 15) is 12.8 Å². The first-order valence-corrected chi connectivity index (χ1v) is 7.29. The fourth-order valence-corrected chi connectivity index (χ4v) is 2.11. The van der Waals surface area contributed by atoms with Crippen LogP contribution in [0.4, 0.5) is 4.39 Å². The molecule has 0 radical (unpaired) electrons. The molecule has 0 heterocycles. The molecule has 0 aliphatic rings. The van der Waals surface area contributed by atoms with Gasteiger partial charge in [0.25, 0.3) is 0 Å². The minimum absolute atomic E-state index is 0.100. The smallest absolute Gasteiger partial charge is 0.165 e. The van der Waals surface area contributed by atoms with Gasteiger partial charge in [0, 0.05) is 12.3 Å². The molecule has 0 spiro atoms. The van der Waals surface area contributed by atoms with Gasteiger partial charge in [-0.25, -0.2) is 12.8 Å². The van der Waals surface area contributed by atoms with Gasteiger partial charge >= 0.3 is 0 Å². The molecule has 0 aliphatic heterocycles. The molecule has 2 N–H and O–H groups in total. The predicted molar refractivity (Wildman–Crippen MR) is 68.8 cm³/mol. The van der Waals surface area contributed by atoms with E-state index in [-0.39, 0.29) is 5.75 Å². The van der Waals surface area contributed by atoms with Crippen LogP contribution in [0.5, 0.6) is 5.75 Å². The van der Waals surface area contributed by atoms with Crippen LogP contribution in [0.2, 0.25) is 0 Å². The number of hydrogen-bond acceptors (Lipinski definition) is 4. The predicted octanol–water partition coefficient (Wildman–Crippen LogP) is 1.66. The Balaban J connectivity index is 3.20. The first-order valence-electron chi connectivity index (χ1n) is 5.40. The minimum atomic E-state index is -3.36. The molecule has 1 atom stereocenters. The summed E-state index contributed by atoms with van der Waals surface area (Å²) in [4.78, 5) is 0. The van der Waals surface area contributed by atoms with Gasteiger partial charge in [0.2, 0.25) is 0 Å². The van der Waals surface area contributed by atoms with Crippen LogP contribution in [0.3, 0.4) is 0 Å². The Morgan fingerprint density at radius 2 is 1.94 bits per heavy atom. The van der Waals surface area contributed by atoms with Crippen molar-refractivity contribution >= 4 is 9.84 Å². The van der Waals surface area contributed by atoms with E-state index in [4.69, 9.17) is 10.5 Å². The highest BCUT2D eigenvalue weighted by Crippen LogP contribution is 2.31. The maximum absolute atomic E-state index is 13.6. The summed E-state index contributed by atoms with van der Waals surface area (Å²) in [5, 5.41) is 0. The van der Waals surface area contributed by atoms with Crippen LogP contribution < -0.4 is 10.5 Å². The average molecular weight is 275 g/mol. The molecule has 4 nitrogen and oxygen atoms in total. The van der Waals surface area contributed by atoms with Gasteiger partial charge in [-0.15, -0.1) is 0 Å². The van der Waals surface area contributed by atoms with Gasteiger partial charge in [-0.1, -0.05) is 6.07 Å². The van der Waals surface area contributed by atoms with Gasteiger partial charge in [-0.2, -0.15) is 0 Å². The van der Waals surface area contributed by atoms with Crippen molar-refractivity contribution in [2.24, 2.45) is 5.73 Å². The highest BCUT2D eigenvalue weighted by atomic mass is 32.2. The van der Waals surface area contributed by atoms with Gasteiger partial charge in [0.05, 0.1) is 11.9 Å². The molecular weight excluding hydrogens is 257 g/mol. The topological polar surface area (TPSA) is 69.4 Å². The fraction of sp³-hybridized carbons (Fsp3) is 0.500. The zero-order valence-electron chi connectivity index (χ0n) is 10.9. The quantitative estimate of drug-likeness (QED) is 0.907. The van der Waals surface area contributed by atoms with Crippen LogP contribution in [0, 0.1) is 5.82 Å². The number of nitrogens with two attached hydrogens (primary N) is 1. The second-order valence-corrected chi connectivity index (χ2v) is 7.34. The number of benzene rings is 1. The van der Waals surface area contributed by atoms with E-state index >= 15 is 0 Å². The SMILES string of the molecule is COc1ccc(C(N)C(C)(C)S(C)(=O)=O)cc1F. The monoisotopic (exact) mass is 275 g/mol. The van der Waals surface area contributed by atoms with Crippen molar-refractivity contribution < 1.29 is 17.5 Å². The number of hydrogen-bond donors (Lipinski definition) is 1. The lowest BCUT2D eigenvalue weighted by atomic mass is 9.96. The molecule has 0 saturated carbocycles. The van der Waals surface area contributed by atoms with Crippen molar-refractivity contribution in [3.8, 4) is 5.75 Å².